The van der Waals surface area contributed by atoms with Crippen molar-refractivity contribution in [3.8, 4) is 0 Å². The Bertz CT molecular complexity index is 226. The summed E-state index contributed by atoms with van der Waals surface area (Å²) in [6.45, 7) is 5.98. The van der Waals surface area contributed by atoms with Gasteiger partial charge in [-0.2, -0.15) is 0 Å². The van der Waals surface area contributed by atoms with Crippen molar-refractivity contribution in [2.75, 3.05) is 0 Å². The van der Waals surface area contributed by atoms with Gasteiger partial charge in [0.2, 0.25) is 0 Å². The molecule has 12 heavy (non-hydrogen) atoms. The summed E-state index contributed by atoms with van der Waals surface area (Å²) in [7, 11) is 0. The van der Waals surface area contributed by atoms with Gasteiger partial charge < -0.3 is 5.11 Å². The number of Topliss-reactive ketones (excluding diaryl/α,β-unsaturated/α-hetero) is 1. The summed E-state index contributed by atoms with van der Waals surface area (Å²) < 4.78 is 0. The lowest BCUT2D eigenvalue weighted by molar-refractivity contribution is -0.127. The molecule has 68 valence electrons. The highest BCUT2D eigenvalue weighted by Crippen LogP contribution is 2.39. The average molecular weight is 168 g/mol. The van der Waals surface area contributed by atoms with E-state index in [1.165, 1.54) is 0 Å². The molecule has 1 atom stereocenters. The summed E-state index contributed by atoms with van der Waals surface area (Å²) in [5.41, 5.74) is 0.283. The third-order valence-corrected chi connectivity index (χ3v) is 3.11. The zero-order valence-corrected chi connectivity index (χ0v) is 7.92. The number of ketones is 1. The summed E-state index contributed by atoms with van der Waals surface area (Å²) in [5.74, 6) is 0.512. The summed E-state index contributed by atoms with van der Waals surface area (Å²) in [5, 5.41) is 8.80. The van der Waals surface area contributed by atoms with Crippen LogP contribution in [-0.4, -0.2) is 10.9 Å². The summed E-state index contributed by atoms with van der Waals surface area (Å²) in [6, 6.07) is 0. The van der Waals surface area contributed by atoms with Crippen LogP contribution < -0.4 is 0 Å². The predicted octanol–water partition coefficient (Wildman–Crippen LogP) is 2.45. The smallest absolute Gasteiger partial charge is 0.167 e. The van der Waals surface area contributed by atoms with Gasteiger partial charge in [-0.15, -0.1) is 0 Å². The third-order valence-electron chi connectivity index (χ3n) is 3.11. The average Bonchev–Trinajstić information content (AvgIpc) is 2.02. The molecule has 0 aromatic heterocycles. The van der Waals surface area contributed by atoms with Gasteiger partial charge in [0, 0.05) is 11.0 Å². The second-order valence-corrected chi connectivity index (χ2v) is 4.14. The molecule has 0 bridgehead atoms. The number of aliphatic hydroxyl groups excluding tert-OH is 1. The molecular formula is C10H16O2. The first-order valence-corrected chi connectivity index (χ1v) is 4.38. The first-order chi connectivity index (χ1) is 5.50. The molecule has 0 saturated heterocycles. The van der Waals surface area contributed by atoms with Crippen molar-refractivity contribution in [1.82, 2.24) is 0 Å². The fourth-order valence-corrected chi connectivity index (χ4v) is 1.61. The van der Waals surface area contributed by atoms with E-state index < -0.39 is 0 Å². The standard InChI is InChI=1S/C10H16O2/c1-7-4-5-8(6-11)9(12)10(7,2)3/h6-7,11H,4-5H2,1-3H3/b8-6-/t7-/m0/s1. The SMILES string of the molecule is C[C@H]1CC/C(=C/O)C(=O)C1(C)C. The maximum absolute atomic E-state index is 11.7. The van der Waals surface area contributed by atoms with Crippen molar-refractivity contribution in [3.05, 3.63) is 11.8 Å². The third kappa shape index (κ3) is 1.26. The zero-order valence-electron chi connectivity index (χ0n) is 7.92. The van der Waals surface area contributed by atoms with Crippen LogP contribution in [0.15, 0.2) is 11.8 Å². The van der Waals surface area contributed by atoms with Crippen LogP contribution >= 0.6 is 0 Å². The van der Waals surface area contributed by atoms with Crippen molar-refractivity contribution < 1.29 is 9.90 Å². The van der Waals surface area contributed by atoms with Crippen LogP contribution in [0, 0.1) is 11.3 Å². The molecule has 1 aliphatic rings. The van der Waals surface area contributed by atoms with Crippen LogP contribution in [0.25, 0.3) is 0 Å². The van der Waals surface area contributed by atoms with E-state index in [1.54, 1.807) is 0 Å². The van der Waals surface area contributed by atoms with Crippen LogP contribution in [0.2, 0.25) is 0 Å². The highest BCUT2D eigenvalue weighted by molar-refractivity contribution is 6.00. The van der Waals surface area contributed by atoms with E-state index in [2.05, 4.69) is 6.92 Å². The summed E-state index contributed by atoms with van der Waals surface area (Å²) in [4.78, 5) is 11.7. The second-order valence-electron chi connectivity index (χ2n) is 4.14. The van der Waals surface area contributed by atoms with Crippen molar-refractivity contribution >= 4 is 5.78 Å². The molecule has 1 rings (SSSR count). The number of hydrogen-bond acceptors (Lipinski definition) is 2. The van der Waals surface area contributed by atoms with E-state index in [1.807, 2.05) is 13.8 Å². The van der Waals surface area contributed by atoms with Crippen LogP contribution in [0.1, 0.15) is 33.6 Å². The molecule has 0 unspecified atom stereocenters. The Balaban J connectivity index is 2.93. The second kappa shape index (κ2) is 2.92. The van der Waals surface area contributed by atoms with Gasteiger partial charge in [0.15, 0.2) is 5.78 Å². The number of hydrogen-bond donors (Lipinski definition) is 1. The Morgan fingerprint density at radius 1 is 1.58 bits per heavy atom. The normalized spacial score (nSPS) is 32.4. The maximum Gasteiger partial charge on any atom is 0.167 e. The Kier molecular flexibility index (Phi) is 2.27. The highest BCUT2D eigenvalue weighted by atomic mass is 16.2. The number of carbonyl (C=O) groups is 1. The van der Waals surface area contributed by atoms with E-state index in [4.69, 9.17) is 5.11 Å². The quantitative estimate of drug-likeness (QED) is 0.445. The van der Waals surface area contributed by atoms with Gasteiger partial charge >= 0.3 is 0 Å². The molecule has 2 nitrogen and oxygen atoms in total. The van der Waals surface area contributed by atoms with Crippen LogP contribution in [0.5, 0.6) is 0 Å². The van der Waals surface area contributed by atoms with Crippen molar-refractivity contribution in [3.63, 3.8) is 0 Å². The van der Waals surface area contributed by atoms with E-state index >= 15 is 0 Å². The minimum absolute atomic E-state index is 0.101. The molecule has 0 radical (unpaired) electrons. The summed E-state index contributed by atoms with van der Waals surface area (Å²) >= 11 is 0. The van der Waals surface area contributed by atoms with Crippen LogP contribution in [-0.2, 0) is 4.79 Å². The lowest BCUT2D eigenvalue weighted by Gasteiger charge is -2.35. The molecule has 1 N–H and O–H groups in total. The van der Waals surface area contributed by atoms with Gasteiger partial charge in [0.1, 0.15) is 0 Å². The molecule has 0 aliphatic heterocycles. The van der Waals surface area contributed by atoms with Crippen molar-refractivity contribution in [2.45, 2.75) is 33.6 Å². The maximum atomic E-state index is 11.7. The number of rotatable bonds is 0. The molecule has 0 heterocycles. The van der Waals surface area contributed by atoms with Gasteiger partial charge in [-0.25, -0.2) is 0 Å². The van der Waals surface area contributed by atoms with E-state index in [0.29, 0.717) is 11.5 Å². The predicted molar refractivity (Wildman–Crippen MR) is 47.9 cm³/mol. The Morgan fingerprint density at radius 3 is 2.67 bits per heavy atom. The minimum Gasteiger partial charge on any atom is -0.515 e. The Morgan fingerprint density at radius 2 is 2.17 bits per heavy atom. The number of allylic oxidation sites excluding steroid dienone is 1. The molecule has 2 heteroatoms. The Hall–Kier alpha value is -0.790. The van der Waals surface area contributed by atoms with Crippen LogP contribution in [0.4, 0.5) is 0 Å². The van der Waals surface area contributed by atoms with Gasteiger partial charge in [0.05, 0.1) is 6.26 Å². The molecular weight excluding hydrogens is 152 g/mol. The fraction of sp³-hybridized carbons (Fsp3) is 0.700. The lowest BCUT2D eigenvalue weighted by atomic mass is 9.67. The Labute approximate surface area is 73.3 Å². The fourth-order valence-electron chi connectivity index (χ4n) is 1.61. The van der Waals surface area contributed by atoms with Gasteiger partial charge in [0.25, 0.3) is 0 Å². The first-order valence-electron chi connectivity index (χ1n) is 4.38. The van der Waals surface area contributed by atoms with Gasteiger partial charge in [-0.05, 0) is 18.8 Å². The van der Waals surface area contributed by atoms with Crippen LogP contribution in [0.3, 0.4) is 0 Å². The minimum atomic E-state index is -0.299. The van der Waals surface area contributed by atoms with E-state index in [-0.39, 0.29) is 11.2 Å². The molecule has 1 fully saturated rings. The first kappa shape index (κ1) is 9.30. The van der Waals surface area contributed by atoms with Crippen molar-refractivity contribution in [1.29, 1.82) is 0 Å². The summed E-state index contributed by atoms with van der Waals surface area (Å²) in [6.07, 6.45) is 2.68. The van der Waals surface area contributed by atoms with Gasteiger partial charge in [-0.1, -0.05) is 20.8 Å². The topological polar surface area (TPSA) is 37.3 Å². The van der Waals surface area contributed by atoms with E-state index in [9.17, 15) is 4.79 Å². The zero-order chi connectivity index (χ0) is 9.35. The molecule has 0 aromatic carbocycles. The van der Waals surface area contributed by atoms with Gasteiger partial charge in [-0.3, -0.25) is 4.79 Å². The molecule has 1 saturated carbocycles. The number of aliphatic hydroxyl groups is 1. The molecule has 1 aliphatic carbocycles. The molecule has 0 spiro atoms. The number of carbonyl (C=O) groups excluding carboxylic acids is 1. The largest absolute Gasteiger partial charge is 0.515 e. The molecule has 0 aromatic rings. The van der Waals surface area contributed by atoms with Crippen molar-refractivity contribution in [2.24, 2.45) is 11.3 Å². The van der Waals surface area contributed by atoms with E-state index in [0.717, 1.165) is 19.1 Å². The molecule has 0 amide bonds. The monoisotopic (exact) mass is 168 g/mol. The lowest BCUT2D eigenvalue weighted by Crippen LogP contribution is -2.36. The highest BCUT2D eigenvalue weighted by Gasteiger charge is 2.39.